The SMILES string of the molecule is CC1(C)c2ccccc2N(c2nc(-c3ccccc3)c(N3c4ccccc4C(C)(C)c4ccccc43)nc2-c2ccccc2)c2ccccc21. The smallest absolute Gasteiger partial charge is 0.165 e. The number of rotatable bonds is 4. The molecule has 2 aliphatic heterocycles. The van der Waals surface area contributed by atoms with Crippen molar-refractivity contribution in [2.45, 2.75) is 38.5 Å². The zero-order valence-corrected chi connectivity index (χ0v) is 28.8. The number of hydrogen-bond donors (Lipinski definition) is 0. The van der Waals surface area contributed by atoms with Gasteiger partial charge in [0.25, 0.3) is 0 Å². The van der Waals surface area contributed by atoms with Crippen LogP contribution in [-0.2, 0) is 10.8 Å². The van der Waals surface area contributed by atoms with Gasteiger partial charge in [0.2, 0.25) is 0 Å². The van der Waals surface area contributed by atoms with Crippen LogP contribution in [0.25, 0.3) is 22.5 Å². The van der Waals surface area contributed by atoms with Gasteiger partial charge in [0, 0.05) is 22.0 Å². The van der Waals surface area contributed by atoms with E-state index in [9.17, 15) is 0 Å². The van der Waals surface area contributed by atoms with Gasteiger partial charge in [0.05, 0.1) is 22.7 Å². The third-order valence-corrected chi connectivity index (χ3v) is 10.7. The predicted octanol–water partition coefficient (Wildman–Crippen LogP) is 12.0. The summed E-state index contributed by atoms with van der Waals surface area (Å²) in [6.07, 6.45) is 0. The Hall–Kier alpha value is -6.00. The van der Waals surface area contributed by atoms with Gasteiger partial charge in [-0.15, -0.1) is 0 Å². The third-order valence-electron chi connectivity index (χ3n) is 10.7. The maximum atomic E-state index is 5.77. The molecule has 0 amide bonds. The molecule has 0 unspecified atom stereocenters. The average molecular weight is 647 g/mol. The molecule has 1 aromatic heterocycles. The topological polar surface area (TPSA) is 32.3 Å². The molecule has 4 heteroatoms. The highest BCUT2D eigenvalue weighted by molar-refractivity contribution is 5.95. The minimum Gasteiger partial charge on any atom is -0.293 e. The van der Waals surface area contributed by atoms with E-state index in [1.807, 2.05) is 0 Å². The number of nitrogens with zero attached hydrogens (tertiary/aromatic N) is 4. The number of hydrogen-bond acceptors (Lipinski definition) is 4. The van der Waals surface area contributed by atoms with Crippen LogP contribution in [0, 0.1) is 0 Å². The molecule has 2 aliphatic rings. The normalized spacial score (nSPS) is 15.0. The predicted molar refractivity (Wildman–Crippen MR) is 207 cm³/mol. The molecule has 0 bridgehead atoms. The highest BCUT2D eigenvalue weighted by Gasteiger charge is 2.41. The van der Waals surface area contributed by atoms with E-state index in [0.29, 0.717) is 0 Å². The fourth-order valence-electron chi connectivity index (χ4n) is 8.10. The van der Waals surface area contributed by atoms with Crippen LogP contribution < -0.4 is 9.80 Å². The molecule has 0 atom stereocenters. The summed E-state index contributed by atoms with van der Waals surface area (Å²) >= 11 is 0. The van der Waals surface area contributed by atoms with E-state index >= 15 is 0 Å². The van der Waals surface area contributed by atoms with Crippen molar-refractivity contribution in [2.75, 3.05) is 9.80 Å². The van der Waals surface area contributed by atoms with E-state index in [1.165, 1.54) is 22.3 Å². The molecule has 0 radical (unpaired) electrons. The Morgan fingerprint density at radius 3 is 0.900 bits per heavy atom. The molecule has 3 heterocycles. The number of benzene rings is 6. The number of para-hydroxylation sites is 4. The minimum atomic E-state index is -0.194. The zero-order valence-electron chi connectivity index (χ0n) is 28.8. The molecule has 0 aliphatic carbocycles. The van der Waals surface area contributed by atoms with Gasteiger partial charge in [0.1, 0.15) is 11.4 Å². The largest absolute Gasteiger partial charge is 0.293 e. The van der Waals surface area contributed by atoms with E-state index in [-0.39, 0.29) is 10.8 Å². The van der Waals surface area contributed by atoms with Crippen LogP contribution in [-0.4, -0.2) is 9.97 Å². The fraction of sp³-hybridized carbons (Fsp3) is 0.130. The zero-order chi connectivity index (χ0) is 34.0. The second kappa shape index (κ2) is 11.3. The molecular formula is C46H38N4. The van der Waals surface area contributed by atoms with Crippen molar-refractivity contribution in [3.8, 4) is 22.5 Å². The lowest BCUT2D eigenvalue weighted by molar-refractivity contribution is 0.630. The first kappa shape index (κ1) is 30.1. The molecule has 0 spiro atoms. The quantitative estimate of drug-likeness (QED) is 0.190. The van der Waals surface area contributed by atoms with Crippen LogP contribution in [0.2, 0.25) is 0 Å². The molecule has 9 rings (SSSR count). The molecule has 0 saturated carbocycles. The fourth-order valence-corrected chi connectivity index (χ4v) is 8.10. The molecule has 0 fully saturated rings. The van der Waals surface area contributed by atoms with Crippen LogP contribution in [0.15, 0.2) is 158 Å². The van der Waals surface area contributed by atoms with E-state index in [2.05, 4.69) is 195 Å². The highest BCUT2D eigenvalue weighted by atomic mass is 15.3. The molecular weight excluding hydrogens is 609 g/mol. The van der Waals surface area contributed by atoms with Gasteiger partial charge in [-0.2, -0.15) is 0 Å². The van der Waals surface area contributed by atoms with Gasteiger partial charge in [-0.1, -0.05) is 161 Å². The van der Waals surface area contributed by atoms with Crippen molar-refractivity contribution >= 4 is 34.4 Å². The van der Waals surface area contributed by atoms with Gasteiger partial charge >= 0.3 is 0 Å². The first-order valence-electron chi connectivity index (χ1n) is 17.4. The van der Waals surface area contributed by atoms with Crippen molar-refractivity contribution in [3.63, 3.8) is 0 Å². The molecule has 0 saturated heterocycles. The van der Waals surface area contributed by atoms with Crippen LogP contribution in [0.5, 0.6) is 0 Å². The molecule has 242 valence electrons. The number of aromatic nitrogens is 2. The lowest BCUT2D eigenvalue weighted by Gasteiger charge is -2.43. The van der Waals surface area contributed by atoms with E-state index in [4.69, 9.17) is 9.97 Å². The summed E-state index contributed by atoms with van der Waals surface area (Å²) in [5, 5.41) is 0. The Labute approximate surface area is 294 Å². The summed E-state index contributed by atoms with van der Waals surface area (Å²) in [4.78, 5) is 16.2. The highest BCUT2D eigenvalue weighted by Crippen LogP contribution is 2.56. The summed E-state index contributed by atoms with van der Waals surface area (Å²) in [5.74, 6) is 1.60. The van der Waals surface area contributed by atoms with Crippen LogP contribution in [0.3, 0.4) is 0 Å². The van der Waals surface area contributed by atoms with Crippen LogP contribution >= 0.6 is 0 Å². The minimum absolute atomic E-state index is 0.194. The Morgan fingerprint density at radius 2 is 0.600 bits per heavy atom. The Balaban J connectivity index is 1.41. The van der Waals surface area contributed by atoms with Crippen molar-refractivity contribution in [3.05, 3.63) is 180 Å². The Morgan fingerprint density at radius 1 is 0.340 bits per heavy atom. The monoisotopic (exact) mass is 646 g/mol. The first-order chi connectivity index (χ1) is 24.4. The summed E-state index contributed by atoms with van der Waals surface area (Å²) in [6.45, 7) is 9.27. The average Bonchev–Trinajstić information content (AvgIpc) is 3.16. The second-order valence-electron chi connectivity index (χ2n) is 14.3. The maximum Gasteiger partial charge on any atom is 0.165 e. The van der Waals surface area contributed by atoms with Gasteiger partial charge in [-0.3, -0.25) is 9.80 Å². The van der Waals surface area contributed by atoms with Crippen molar-refractivity contribution in [1.29, 1.82) is 0 Å². The number of anilines is 6. The molecule has 0 N–H and O–H groups in total. The van der Waals surface area contributed by atoms with Crippen LogP contribution in [0.4, 0.5) is 34.4 Å². The summed E-state index contributed by atoms with van der Waals surface area (Å²) in [5.41, 5.74) is 12.8. The van der Waals surface area contributed by atoms with Gasteiger partial charge in [-0.25, -0.2) is 9.97 Å². The van der Waals surface area contributed by atoms with E-state index in [1.54, 1.807) is 0 Å². The van der Waals surface area contributed by atoms with Crippen molar-refractivity contribution < 1.29 is 0 Å². The van der Waals surface area contributed by atoms with Crippen molar-refractivity contribution in [1.82, 2.24) is 9.97 Å². The lowest BCUT2D eigenvalue weighted by atomic mass is 9.73. The first-order valence-corrected chi connectivity index (χ1v) is 17.4. The standard InChI is InChI=1S/C46H38N4/c1-45(2)33-23-11-15-27-37(33)49(38-28-16-12-24-34(38)45)43-41(31-19-7-5-8-20-31)48-44(42(47-43)32-21-9-6-10-22-32)50-39-29-17-13-25-35(39)46(3,4)36-26-14-18-30-40(36)50/h5-30H,1-4H3. The lowest BCUT2D eigenvalue weighted by Crippen LogP contribution is -2.32. The maximum absolute atomic E-state index is 5.77. The second-order valence-corrected chi connectivity index (χ2v) is 14.3. The molecule has 6 aromatic carbocycles. The Kier molecular flexibility index (Phi) is 6.79. The van der Waals surface area contributed by atoms with Gasteiger partial charge in [0.15, 0.2) is 11.6 Å². The van der Waals surface area contributed by atoms with Gasteiger partial charge < -0.3 is 0 Å². The van der Waals surface area contributed by atoms with E-state index in [0.717, 1.165) is 56.9 Å². The number of fused-ring (bicyclic) bond motifs is 4. The molecule has 50 heavy (non-hydrogen) atoms. The molecule has 4 nitrogen and oxygen atoms in total. The van der Waals surface area contributed by atoms with E-state index < -0.39 is 0 Å². The van der Waals surface area contributed by atoms with Crippen LogP contribution in [0.1, 0.15) is 49.9 Å². The van der Waals surface area contributed by atoms with Gasteiger partial charge in [-0.05, 0) is 46.5 Å². The Bertz CT molecular complexity index is 2130. The summed E-state index contributed by atoms with van der Waals surface area (Å²) < 4.78 is 0. The third kappa shape index (κ3) is 4.45. The summed E-state index contributed by atoms with van der Waals surface area (Å²) in [7, 11) is 0. The summed E-state index contributed by atoms with van der Waals surface area (Å²) in [6, 6.07) is 56.0. The van der Waals surface area contributed by atoms with Crippen molar-refractivity contribution in [2.24, 2.45) is 0 Å². The molecule has 7 aromatic rings.